The van der Waals surface area contributed by atoms with Gasteiger partial charge in [-0.05, 0) is 68.7 Å². The van der Waals surface area contributed by atoms with Crippen molar-refractivity contribution < 1.29 is 22.7 Å². The highest BCUT2D eigenvalue weighted by Gasteiger charge is 2.32. The minimum absolute atomic E-state index is 0.0293. The van der Waals surface area contributed by atoms with Gasteiger partial charge in [0.2, 0.25) is 11.8 Å². The average molecular weight is 566 g/mol. The number of sulfonamides is 1. The van der Waals surface area contributed by atoms with E-state index in [1.54, 1.807) is 43.3 Å². The van der Waals surface area contributed by atoms with Crippen LogP contribution in [-0.2, 0) is 26.2 Å². The fourth-order valence-corrected chi connectivity index (χ4v) is 5.47. The summed E-state index contributed by atoms with van der Waals surface area (Å²) in [7, 11) is -4.14. The number of carbonyl (C=O) groups is 2. The maximum Gasteiger partial charge on any atom is 0.264 e. The van der Waals surface area contributed by atoms with Gasteiger partial charge in [0.25, 0.3) is 10.0 Å². The van der Waals surface area contributed by atoms with Gasteiger partial charge in [0.15, 0.2) is 0 Å². The summed E-state index contributed by atoms with van der Waals surface area (Å²) in [6, 6.07) is 21.6. The number of carbonyl (C=O) groups excluding carboxylic acids is 2. The Morgan fingerprint density at radius 1 is 0.900 bits per heavy atom. The van der Waals surface area contributed by atoms with Crippen LogP contribution in [0.4, 0.5) is 5.69 Å². The van der Waals surface area contributed by atoms with Crippen molar-refractivity contribution in [2.75, 3.05) is 24.0 Å². The number of anilines is 1. The zero-order valence-electron chi connectivity index (χ0n) is 23.8. The molecule has 40 heavy (non-hydrogen) atoms. The van der Waals surface area contributed by atoms with Gasteiger partial charge in [0.05, 0.1) is 17.2 Å². The lowest BCUT2D eigenvalue weighted by Crippen LogP contribution is -2.51. The average Bonchev–Trinajstić information content (AvgIpc) is 2.94. The minimum Gasteiger partial charge on any atom is -0.494 e. The van der Waals surface area contributed by atoms with E-state index >= 15 is 0 Å². The molecule has 1 N–H and O–H groups in total. The normalized spacial score (nSPS) is 12.1. The van der Waals surface area contributed by atoms with E-state index in [9.17, 15) is 18.0 Å². The van der Waals surface area contributed by atoms with Crippen LogP contribution in [0.2, 0.25) is 0 Å². The lowest BCUT2D eigenvalue weighted by molar-refractivity contribution is -0.139. The van der Waals surface area contributed by atoms with E-state index in [1.165, 1.54) is 17.0 Å². The van der Waals surface area contributed by atoms with E-state index in [4.69, 9.17) is 4.74 Å². The number of ether oxygens (including phenoxy) is 1. The smallest absolute Gasteiger partial charge is 0.264 e. The molecule has 0 aliphatic rings. The molecule has 0 saturated carbocycles. The van der Waals surface area contributed by atoms with Gasteiger partial charge in [-0.15, -0.1) is 0 Å². The Hall–Kier alpha value is -3.85. The molecular weight excluding hydrogens is 526 g/mol. The van der Waals surface area contributed by atoms with Crippen LogP contribution < -0.4 is 14.4 Å². The summed E-state index contributed by atoms with van der Waals surface area (Å²) >= 11 is 0. The van der Waals surface area contributed by atoms with Gasteiger partial charge in [-0.3, -0.25) is 13.9 Å². The highest BCUT2D eigenvalue weighted by Crippen LogP contribution is 2.26. The Kier molecular flexibility index (Phi) is 10.7. The number of rotatable bonds is 13. The Bertz CT molecular complexity index is 1360. The van der Waals surface area contributed by atoms with Gasteiger partial charge in [0.1, 0.15) is 18.3 Å². The number of aryl methyl sites for hydroxylation is 1. The maximum absolute atomic E-state index is 13.9. The van der Waals surface area contributed by atoms with Crippen LogP contribution in [0.3, 0.4) is 0 Å². The molecule has 0 unspecified atom stereocenters. The van der Waals surface area contributed by atoms with Crippen LogP contribution in [-0.4, -0.2) is 50.9 Å². The molecule has 0 fully saturated rings. The Morgan fingerprint density at radius 3 is 2.10 bits per heavy atom. The van der Waals surface area contributed by atoms with Crippen LogP contribution in [0.15, 0.2) is 83.8 Å². The lowest BCUT2D eigenvalue weighted by Gasteiger charge is -2.32. The summed E-state index contributed by atoms with van der Waals surface area (Å²) in [6.45, 7) is 9.99. The molecule has 9 heteroatoms. The number of benzene rings is 3. The summed E-state index contributed by atoms with van der Waals surface area (Å²) < 4.78 is 34.4. The van der Waals surface area contributed by atoms with Crippen LogP contribution >= 0.6 is 0 Å². The highest BCUT2D eigenvalue weighted by molar-refractivity contribution is 7.92. The Labute approximate surface area is 238 Å². The first kappa shape index (κ1) is 30.7. The molecule has 1 atom stereocenters. The van der Waals surface area contributed by atoms with Crippen molar-refractivity contribution in [2.45, 2.75) is 52.1 Å². The van der Waals surface area contributed by atoms with Crippen molar-refractivity contribution in [3.63, 3.8) is 0 Å². The first-order chi connectivity index (χ1) is 19.0. The fraction of sp³-hybridized carbons (Fsp3) is 0.355. The molecule has 0 heterocycles. The highest BCUT2D eigenvalue weighted by atomic mass is 32.2. The molecule has 3 aromatic carbocycles. The van der Waals surface area contributed by atoms with E-state index in [0.717, 1.165) is 15.4 Å². The molecule has 0 aliphatic carbocycles. The van der Waals surface area contributed by atoms with E-state index < -0.39 is 28.5 Å². The third kappa shape index (κ3) is 8.08. The summed E-state index contributed by atoms with van der Waals surface area (Å²) in [6.07, 6.45) is 0. The molecule has 3 rings (SSSR count). The molecule has 2 amide bonds. The standard InChI is InChI=1S/C31H39N3O5S/c1-6-39-28-16-18-29(19-17-28)40(37,38)34(27-14-12-24(4)13-15-27)22-30(35)33(21-26-10-8-7-9-11-26)25(5)31(36)32-20-23(2)3/h7-19,23,25H,6,20-22H2,1-5H3,(H,32,36)/t25-/m1/s1. The molecule has 0 aliphatic heterocycles. The summed E-state index contributed by atoms with van der Waals surface area (Å²) in [5.41, 5.74) is 2.13. The van der Waals surface area contributed by atoms with E-state index in [-0.39, 0.29) is 23.3 Å². The number of nitrogens with one attached hydrogen (secondary N) is 1. The Balaban J connectivity index is 1.98. The molecule has 0 bridgehead atoms. The summed E-state index contributed by atoms with van der Waals surface area (Å²) in [5.74, 6) is 0.000711. The van der Waals surface area contributed by atoms with Crippen LogP contribution in [0, 0.1) is 12.8 Å². The fourth-order valence-electron chi connectivity index (χ4n) is 4.06. The molecule has 0 spiro atoms. The number of nitrogens with zero attached hydrogens (tertiary/aromatic N) is 2. The van der Waals surface area contributed by atoms with Gasteiger partial charge >= 0.3 is 0 Å². The van der Waals surface area contributed by atoms with Crippen molar-refractivity contribution >= 4 is 27.5 Å². The Morgan fingerprint density at radius 2 is 1.52 bits per heavy atom. The first-order valence-corrected chi connectivity index (χ1v) is 14.9. The second-order valence-corrected chi connectivity index (χ2v) is 11.9. The lowest BCUT2D eigenvalue weighted by atomic mass is 10.1. The van der Waals surface area contributed by atoms with Crippen LogP contribution in [0.5, 0.6) is 5.75 Å². The van der Waals surface area contributed by atoms with Gasteiger partial charge in [-0.1, -0.05) is 61.9 Å². The van der Waals surface area contributed by atoms with Gasteiger partial charge in [-0.2, -0.15) is 0 Å². The van der Waals surface area contributed by atoms with Crippen LogP contribution in [0.25, 0.3) is 0 Å². The van der Waals surface area contributed by atoms with Crippen molar-refractivity contribution in [2.24, 2.45) is 5.92 Å². The molecule has 0 saturated heterocycles. The molecule has 8 nitrogen and oxygen atoms in total. The summed E-state index contributed by atoms with van der Waals surface area (Å²) in [5, 5.41) is 2.89. The molecule has 0 aromatic heterocycles. The SMILES string of the molecule is CCOc1ccc(S(=O)(=O)N(CC(=O)N(Cc2ccccc2)[C@H](C)C(=O)NCC(C)C)c2ccc(C)cc2)cc1. The van der Waals surface area contributed by atoms with E-state index in [2.05, 4.69) is 5.32 Å². The third-order valence-corrected chi connectivity index (χ3v) is 8.16. The number of amides is 2. The number of hydrogen-bond donors (Lipinski definition) is 1. The predicted octanol–water partition coefficient (Wildman–Crippen LogP) is 4.78. The molecule has 0 radical (unpaired) electrons. The van der Waals surface area contributed by atoms with Crippen molar-refractivity contribution in [1.82, 2.24) is 10.2 Å². The van der Waals surface area contributed by atoms with Gasteiger partial charge in [0, 0.05) is 13.1 Å². The van der Waals surface area contributed by atoms with Gasteiger partial charge in [-0.25, -0.2) is 8.42 Å². The second-order valence-electron chi connectivity index (χ2n) is 10.1. The maximum atomic E-state index is 13.9. The molecule has 3 aromatic rings. The van der Waals surface area contributed by atoms with Crippen molar-refractivity contribution in [1.29, 1.82) is 0 Å². The second kappa shape index (κ2) is 14.0. The predicted molar refractivity (Wildman–Crippen MR) is 158 cm³/mol. The topological polar surface area (TPSA) is 96.0 Å². The summed E-state index contributed by atoms with van der Waals surface area (Å²) in [4.78, 5) is 28.4. The minimum atomic E-state index is -4.14. The molecular formula is C31H39N3O5S. The van der Waals surface area contributed by atoms with Gasteiger partial charge < -0.3 is 15.0 Å². The largest absolute Gasteiger partial charge is 0.494 e. The molecule has 214 valence electrons. The number of hydrogen-bond acceptors (Lipinski definition) is 5. The van der Waals surface area contributed by atoms with Crippen molar-refractivity contribution in [3.05, 3.63) is 90.0 Å². The zero-order valence-corrected chi connectivity index (χ0v) is 24.6. The van der Waals surface area contributed by atoms with E-state index in [0.29, 0.717) is 24.6 Å². The first-order valence-electron chi connectivity index (χ1n) is 13.5. The quantitative estimate of drug-likeness (QED) is 0.322. The van der Waals surface area contributed by atoms with Crippen LogP contribution in [0.1, 0.15) is 38.8 Å². The third-order valence-electron chi connectivity index (χ3n) is 6.37. The van der Waals surface area contributed by atoms with E-state index in [1.807, 2.05) is 58.0 Å². The van der Waals surface area contributed by atoms with Crippen molar-refractivity contribution in [3.8, 4) is 5.75 Å². The monoisotopic (exact) mass is 565 g/mol. The zero-order chi connectivity index (χ0) is 29.3.